The summed E-state index contributed by atoms with van der Waals surface area (Å²) < 4.78 is 5.35. The van der Waals surface area contributed by atoms with Gasteiger partial charge in [-0.1, -0.05) is 23.7 Å². The fourth-order valence-electron chi connectivity index (χ4n) is 2.65. The Bertz CT molecular complexity index is 1060. The van der Waals surface area contributed by atoms with E-state index in [1.165, 1.54) is 0 Å². The van der Waals surface area contributed by atoms with Crippen LogP contribution in [0.5, 0.6) is 5.75 Å². The number of nitrogen functional groups attached to an aromatic ring is 2. The molecule has 11 N–H and O–H groups in total. The quantitative estimate of drug-likeness (QED) is 0.0990. The highest BCUT2D eigenvalue weighted by Crippen LogP contribution is 2.17. The number of hydrogen-bond acceptors (Lipinski definition) is 8. The molecule has 1 aromatic heterocycles. The Morgan fingerprint density at radius 1 is 1.03 bits per heavy atom. The highest BCUT2D eigenvalue weighted by molar-refractivity contribution is 6.31. The summed E-state index contributed by atoms with van der Waals surface area (Å²) >= 11 is 5.77. The van der Waals surface area contributed by atoms with E-state index in [0.717, 1.165) is 24.8 Å². The van der Waals surface area contributed by atoms with Crippen molar-refractivity contribution >= 4 is 46.9 Å². The number of rotatable bonds is 11. The molecule has 2 rings (SSSR count). The molecule has 182 valence electrons. The zero-order valence-corrected chi connectivity index (χ0v) is 19.0. The molecule has 14 heteroatoms. The molecule has 13 nitrogen and oxygen atoms in total. The SMILES string of the molecule is NC(=O)CNC(=O)COc1ccc(CCCC[NH+]=C(N)NC(=O)c2nc(Cl)c(N)nc2N)cc1. The zero-order valence-electron chi connectivity index (χ0n) is 18.3. The summed E-state index contributed by atoms with van der Waals surface area (Å²) in [7, 11) is 0. The van der Waals surface area contributed by atoms with E-state index < -0.39 is 17.7 Å². The van der Waals surface area contributed by atoms with Gasteiger partial charge in [-0.15, -0.1) is 0 Å². The summed E-state index contributed by atoms with van der Waals surface area (Å²) in [4.78, 5) is 44.8. The van der Waals surface area contributed by atoms with Crippen LogP contribution in [0.1, 0.15) is 28.9 Å². The van der Waals surface area contributed by atoms with E-state index >= 15 is 0 Å². The Morgan fingerprint density at radius 2 is 1.74 bits per heavy atom. The zero-order chi connectivity index (χ0) is 25.1. The molecule has 0 aliphatic heterocycles. The predicted molar refractivity (Wildman–Crippen MR) is 125 cm³/mol. The molecule has 0 aliphatic rings. The first kappa shape index (κ1) is 26.1. The maximum atomic E-state index is 12.2. The van der Waals surface area contributed by atoms with E-state index in [2.05, 4.69) is 25.6 Å². The standard InChI is InChI=1S/C20H26ClN9O4/c21-16-18(24)29-17(23)15(28-16)19(33)30-20(25)26-8-2-1-3-11-4-6-12(7-5-11)34-10-14(32)27-9-13(22)31/h4-7H,1-3,8-10H2,(H2,22,31)(H,27,32)(H4,23,24,29)(H3,25,26,30,33)/p+1. The number of carbonyl (C=O) groups excluding carboxylic acids is 3. The number of aryl methyl sites for hydroxylation is 1. The van der Waals surface area contributed by atoms with Gasteiger partial charge in [-0.3, -0.25) is 20.3 Å². The third kappa shape index (κ3) is 8.78. The van der Waals surface area contributed by atoms with Gasteiger partial charge in [0, 0.05) is 0 Å². The lowest BCUT2D eigenvalue weighted by molar-refractivity contribution is -0.460. The number of nitrogens with one attached hydrogen (secondary N) is 3. The Labute approximate surface area is 200 Å². The highest BCUT2D eigenvalue weighted by atomic mass is 35.5. The molecule has 0 saturated heterocycles. The minimum absolute atomic E-state index is 0.0421. The van der Waals surface area contributed by atoms with Gasteiger partial charge in [0.05, 0.1) is 13.1 Å². The number of aromatic nitrogens is 2. The van der Waals surface area contributed by atoms with Crippen molar-refractivity contribution in [2.75, 3.05) is 31.2 Å². The van der Waals surface area contributed by atoms with Gasteiger partial charge in [-0.05, 0) is 37.0 Å². The number of carbonyl (C=O) groups is 3. The Kier molecular flexibility index (Phi) is 9.83. The van der Waals surface area contributed by atoms with Gasteiger partial charge in [-0.25, -0.2) is 20.1 Å². The molecule has 0 fully saturated rings. The van der Waals surface area contributed by atoms with Crippen LogP contribution in [0.2, 0.25) is 5.15 Å². The molecule has 0 spiro atoms. The minimum Gasteiger partial charge on any atom is -0.484 e. The smallest absolute Gasteiger partial charge is 0.348 e. The first-order chi connectivity index (χ1) is 16.2. The van der Waals surface area contributed by atoms with Crippen molar-refractivity contribution in [3.05, 3.63) is 40.7 Å². The number of hydrogen-bond donors (Lipinski definition) is 7. The molecule has 34 heavy (non-hydrogen) atoms. The van der Waals surface area contributed by atoms with Crippen LogP contribution in [0, 0.1) is 0 Å². The predicted octanol–water partition coefficient (Wildman–Crippen LogP) is -2.58. The number of nitrogens with zero attached hydrogens (tertiary/aromatic N) is 2. The maximum absolute atomic E-state index is 12.2. The van der Waals surface area contributed by atoms with Gasteiger partial charge in [0.2, 0.25) is 5.91 Å². The molecular formula is C20H27ClN9O4+. The summed E-state index contributed by atoms with van der Waals surface area (Å²) in [5, 5.41) is 4.64. The fourth-order valence-corrected chi connectivity index (χ4v) is 2.78. The number of anilines is 2. The van der Waals surface area contributed by atoms with Crippen LogP contribution in [-0.2, 0) is 16.0 Å². The van der Waals surface area contributed by atoms with Crippen LogP contribution in [0.4, 0.5) is 11.6 Å². The molecule has 0 atom stereocenters. The highest BCUT2D eigenvalue weighted by Gasteiger charge is 2.19. The maximum Gasteiger partial charge on any atom is 0.348 e. The number of nitrogens with two attached hydrogens (primary N) is 4. The fraction of sp³-hybridized carbons (Fsp3) is 0.300. The normalized spacial score (nSPS) is 11.0. The summed E-state index contributed by atoms with van der Waals surface area (Å²) in [6, 6.07) is 7.31. The lowest BCUT2D eigenvalue weighted by Crippen LogP contribution is -2.79. The molecular weight excluding hydrogens is 466 g/mol. The Morgan fingerprint density at radius 3 is 2.41 bits per heavy atom. The minimum atomic E-state index is -0.662. The van der Waals surface area contributed by atoms with E-state index in [4.69, 9.17) is 39.3 Å². The van der Waals surface area contributed by atoms with Crippen molar-refractivity contribution in [2.24, 2.45) is 11.5 Å². The number of halogens is 1. The van der Waals surface area contributed by atoms with Crippen LogP contribution < -0.4 is 43.3 Å². The molecule has 0 saturated carbocycles. The van der Waals surface area contributed by atoms with Crippen LogP contribution >= 0.6 is 11.6 Å². The van der Waals surface area contributed by atoms with Gasteiger partial charge < -0.3 is 27.3 Å². The van der Waals surface area contributed by atoms with Gasteiger partial charge >= 0.3 is 11.9 Å². The second kappa shape index (κ2) is 12.8. The average Bonchev–Trinajstić information content (AvgIpc) is 2.79. The Hall–Kier alpha value is -4.13. The number of unbranched alkanes of at least 4 members (excludes halogenated alkanes) is 1. The second-order valence-corrected chi connectivity index (χ2v) is 7.42. The van der Waals surface area contributed by atoms with Crippen molar-refractivity contribution in [3.63, 3.8) is 0 Å². The monoisotopic (exact) mass is 492 g/mol. The van der Waals surface area contributed by atoms with Crippen LogP contribution in [0.15, 0.2) is 24.3 Å². The lowest BCUT2D eigenvalue weighted by atomic mass is 10.1. The number of guanidine groups is 1. The molecule has 2 aromatic rings. The number of benzene rings is 1. The summed E-state index contributed by atoms with van der Waals surface area (Å²) in [5.41, 5.74) is 22.8. The van der Waals surface area contributed by atoms with Crippen molar-refractivity contribution in [2.45, 2.75) is 19.3 Å². The molecule has 1 aromatic carbocycles. The van der Waals surface area contributed by atoms with Gasteiger partial charge in [-0.2, -0.15) is 0 Å². The summed E-state index contributed by atoms with van der Waals surface area (Å²) in [6.45, 7) is 0.0845. The largest absolute Gasteiger partial charge is 0.484 e. The summed E-state index contributed by atoms with van der Waals surface area (Å²) in [5.74, 6) is -1.37. The molecule has 1 heterocycles. The number of ether oxygens (including phenoxy) is 1. The van der Waals surface area contributed by atoms with Crippen LogP contribution in [0.25, 0.3) is 0 Å². The van der Waals surface area contributed by atoms with Crippen LogP contribution in [-0.4, -0.2) is 53.3 Å². The van der Waals surface area contributed by atoms with Crippen molar-refractivity contribution in [1.29, 1.82) is 0 Å². The average molecular weight is 493 g/mol. The van der Waals surface area contributed by atoms with Crippen molar-refractivity contribution < 1.29 is 24.1 Å². The summed E-state index contributed by atoms with van der Waals surface area (Å²) in [6.07, 6.45) is 2.45. The van der Waals surface area contributed by atoms with E-state index in [9.17, 15) is 14.4 Å². The van der Waals surface area contributed by atoms with Gasteiger partial charge in [0.15, 0.2) is 29.1 Å². The van der Waals surface area contributed by atoms with E-state index in [1.54, 1.807) is 12.1 Å². The number of primary amides is 1. The topological polar surface area (TPSA) is 228 Å². The van der Waals surface area contributed by atoms with Crippen molar-refractivity contribution in [1.82, 2.24) is 20.6 Å². The first-order valence-electron chi connectivity index (χ1n) is 10.2. The van der Waals surface area contributed by atoms with E-state index in [-0.39, 0.29) is 41.6 Å². The second-order valence-electron chi connectivity index (χ2n) is 7.06. The molecule has 0 bridgehead atoms. The molecule has 0 unspecified atom stereocenters. The number of amides is 3. The first-order valence-corrected chi connectivity index (χ1v) is 10.6. The third-order valence-corrected chi connectivity index (χ3v) is 4.61. The van der Waals surface area contributed by atoms with Crippen molar-refractivity contribution in [3.8, 4) is 5.75 Å². The third-order valence-electron chi connectivity index (χ3n) is 4.33. The van der Waals surface area contributed by atoms with E-state index in [0.29, 0.717) is 12.3 Å². The van der Waals surface area contributed by atoms with Gasteiger partial charge in [0.1, 0.15) is 5.75 Å². The molecule has 0 radical (unpaired) electrons. The van der Waals surface area contributed by atoms with Crippen LogP contribution in [0.3, 0.4) is 0 Å². The Balaban J connectivity index is 1.70. The van der Waals surface area contributed by atoms with Gasteiger partial charge in [0.25, 0.3) is 5.91 Å². The molecule has 3 amide bonds. The van der Waals surface area contributed by atoms with E-state index in [1.807, 2.05) is 12.1 Å². The lowest BCUT2D eigenvalue weighted by Gasteiger charge is -2.07. The molecule has 0 aliphatic carbocycles.